The quantitative estimate of drug-likeness (QED) is 0.850. The summed E-state index contributed by atoms with van der Waals surface area (Å²) < 4.78 is 5.12. The van der Waals surface area contributed by atoms with Gasteiger partial charge in [-0.05, 0) is 42.5 Å². The van der Waals surface area contributed by atoms with E-state index in [1.165, 1.54) is 6.92 Å². The molecule has 1 fully saturated rings. The van der Waals surface area contributed by atoms with Gasteiger partial charge >= 0.3 is 0 Å². The van der Waals surface area contributed by atoms with E-state index in [0.29, 0.717) is 23.7 Å². The van der Waals surface area contributed by atoms with Crippen LogP contribution in [0.25, 0.3) is 0 Å². The predicted molar refractivity (Wildman–Crippen MR) is 103 cm³/mol. The van der Waals surface area contributed by atoms with Crippen molar-refractivity contribution in [3.8, 4) is 5.75 Å². The van der Waals surface area contributed by atoms with Crippen molar-refractivity contribution < 1.29 is 19.1 Å². The predicted octanol–water partition coefficient (Wildman–Crippen LogP) is 2.65. The van der Waals surface area contributed by atoms with Gasteiger partial charge in [-0.1, -0.05) is 6.07 Å². The highest BCUT2D eigenvalue weighted by Gasteiger charge is 2.35. The van der Waals surface area contributed by atoms with Gasteiger partial charge < -0.3 is 20.3 Å². The van der Waals surface area contributed by atoms with E-state index in [9.17, 15) is 14.4 Å². The van der Waals surface area contributed by atoms with Crippen molar-refractivity contribution >= 4 is 34.8 Å². The third-order valence-corrected chi connectivity index (χ3v) is 4.33. The minimum Gasteiger partial charge on any atom is -0.497 e. The van der Waals surface area contributed by atoms with Crippen LogP contribution in [0.4, 0.5) is 17.1 Å². The molecule has 140 valence electrons. The van der Waals surface area contributed by atoms with Crippen LogP contribution in [0.5, 0.6) is 5.75 Å². The lowest BCUT2D eigenvalue weighted by atomic mass is 10.1. The normalized spacial score (nSPS) is 16.1. The maximum absolute atomic E-state index is 12.6. The number of carbonyl (C=O) groups is 3. The average Bonchev–Trinajstić information content (AvgIpc) is 3.03. The van der Waals surface area contributed by atoms with Crippen LogP contribution in [0.2, 0.25) is 0 Å². The van der Waals surface area contributed by atoms with Crippen molar-refractivity contribution in [1.29, 1.82) is 0 Å². The van der Waals surface area contributed by atoms with Crippen molar-refractivity contribution in [1.82, 2.24) is 0 Å². The van der Waals surface area contributed by atoms with Gasteiger partial charge in [-0.2, -0.15) is 0 Å². The van der Waals surface area contributed by atoms with Crippen LogP contribution >= 0.6 is 0 Å². The molecule has 3 rings (SSSR count). The first-order valence-electron chi connectivity index (χ1n) is 8.59. The second-order valence-corrected chi connectivity index (χ2v) is 6.35. The maximum Gasteiger partial charge on any atom is 0.229 e. The molecule has 27 heavy (non-hydrogen) atoms. The van der Waals surface area contributed by atoms with Crippen molar-refractivity contribution in [3.63, 3.8) is 0 Å². The summed E-state index contributed by atoms with van der Waals surface area (Å²) in [5.74, 6) is -0.232. The van der Waals surface area contributed by atoms with Crippen LogP contribution in [-0.2, 0) is 14.4 Å². The molecule has 2 aromatic rings. The first-order chi connectivity index (χ1) is 13.0. The highest BCUT2D eigenvalue weighted by molar-refractivity contribution is 6.03. The highest BCUT2D eigenvalue weighted by Crippen LogP contribution is 2.27. The molecule has 1 heterocycles. The fourth-order valence-corrected chi connectivity index (χ4v) is 3.02. The Balaban J connectivity index is 1.66. The number of ether oxygens (including phenoxy) is 1. The first kappa shape index (κ1) is 18.4. The Bertz CT molecular complexity index is 864. The van der Waals surface area contributed by atoms with Crippen LogP contribution in [0, 0.1) is 5.92 Å². The highest BCUT2D eigenvalue weighted by atomic mass is 16.5. The number of amides is 3. The van der Waals surface area contributed by atoms with Gasteiger partial charge in [0.25, 0.3) is 0 Å². The zero-order chi connectivity index (χ0) is 19.4. The van der Waals surface area contributed by atoms with E-state index in [1.807, 2.05) is 0 Å². The Morgan fingerprint density at radius 2 is 1.74 bits per heavy atom. The van der Waals surface area contributed by atoms with Crippen molar-refractivity contribution in [2.24, 2.45) is 5.92 Å². The van der Waals surface area contributed by atoms with E-state index in [4.69, 9.17) is 4.74 Å². The molecule has 1 atom stereocenters. The number of nitrogens with one attached hydrogen (secondary N) is 2. The Labute approximate surface area is 157 Å². The number of anilines is 3. The summed E-state index contributed by atoms with van der Waals surface area (Å²) >= 11 is 0. The molecule has 0 saturated carbocycles. The largest absolute Gasteiger partial charge is 0.497 e. The number of carbonyl (C=O) groups excluding carboxylic acids is 3. The molecule has 0 aromatic heterocycles. The number of hydrogen-bond acceptors (Lipinski definition) is 4. The lowest BCUT2D eigenvalue weighted by molar-refractivity contribution is -0.122. The maximum atomic E-state index is 12.6. The van der Waals surface area contributed by atoms with E-state index in [2.05, 4.69) is 10.6 Å². The number of rotatable bonds is 5. The fourth-order valence-electron chi connectivity index (χ4n) is 3.02. The second-order valence-electron chi connectivity index (χ2n) is 6.35. The summed E-state index contributed by atoms with van der Waals surface area (Å²) in [6.07, 6.45) is 0.156. The molecule has 1 aliphatic rings. The van der Waals surface area contributed by atoms with Crippen LogP contribution in [0.15, 0.2) is 48.5 Å². The zero-order valence-electron chi connectivity index (χ0n) is 15.2. The third-order valence-electron chi connectivity index (χ3n) is 4.33. The SMILES string of the molecule is COc1ccc(N2CC(C(=O)Nc3cccc(NC(C)=O)c3)CC2=O)cc1. The summed E-state index contributed by atoms with van der Waals surface area (Å²) in [6.45, 7) is 1.74. The lowest BCUT2D eigenvalue weighted by Gasteiger charge is -2.17. The van der Waals surface area contributed by atoms with Gasteiger partial charge in [-0.25, -0.2) is 0 Å². The summed E-state index contributed by atoms with van der Waals surface area (Å²) in [7, 11) is 1.58. The Hall–Kier alpha value is -3.35. The van der Waals surface area contributed by atoms with Gasteiger partial charge in [0, 0.05) is 37.0 Å². The molecule has 1 unspecified atom stereocenters. The summed E-state index contributed by atoms with van der Waals surface area (Å²) in [5.41, 5.74) is 1.91. The monoisotopic (exact) mass is 367 g/mol. The molecule has 0 aliphatic carbocycles. The minimum atomic E-state index is -0.441. The molecule has 7 nitrogen and oxygen atoms in total. The molecule has 0 spiro atoms. The summed E-state index contributed by atoms with van der Waals surface area (Å²) in [4.78, 5) is 37.7. The molecule has 1 aliphatic heterocycles. The van der Waals surface area contributed by atoms with Crippen LogP contribution in [-0.4, -0.2) is 31.4 Å². The fraction of sp³-hybridized carbons (Fsp3) is 0.250. The Morgan fingerprint density at radius 1 is 1.07 bits per heavy atom. The molecular formula is C20H21N3O4. The number of methoxy groups -OCH3 is 1. The van der Waals surface area contributed by atoms with Crippen molar-refractivity contribution in [2.45, 2.75) is 13.3 Å². The Kier molecular flexibility index (Phi) is 5.40. The van der Waals surface area contributed by atoms with Crippen molar-refractivity contribution in [2.75, 3.05) is 29.2 Å². The molecular weight excluding hydrogens is 346 g/mol. The standard InChI is InChI=1S/C20H21N3O4/c1-13(24)21-15-4-3-5-16(11-15)22-20(26)14-10-19(25)23(12-14)17-6-8-18(27-2)9-7-17/h3-9,11,14H,10,12H2,1-2H3,(H,21,24)(H,22,26). The second kappa shape index (κ2) is 7.90. The molecule has 2 N–H and O–H groups in total. The zero-order valence-corrected chi connectivity index (χ0v) is 15.2. The van der Waals surface area contributed by atoms with E-state index >= 15 is 0 Å². The lowest BCUT2D eigenvalue weighted by Crippen LogP contribution is -2.28. The van der Waals surface area contributed by atoms with Gasteiger partial charge in [-0.15, -0.1) is 0 Å². The van der Waals surface area contributed by atoms with Gasteiger partial charge in [0.05, 0.1) is 13.0 Å². The van der Waals surface area contributed by atoms with Crippen LogP contribution in [0.3, 0.4) is 0 Å². The van der Waals surface area contributed by atoms with E-state index in [-0.39, 0.29) is 24.1 Å². The smallest absolute Gasteiger partial charge is 0.229 e. The number of nitrogens with zero attached hydrogens (tertiary/aromatic N) is 1. The molecule has 1 saturated heterocycles. The summed E-state index contributed by atoms with van der Waals surface area (Å²) in [6, 6.07) is 14.1. The van der Waals surface area contributed by atoms with Crippen LogP contribution in [0.1, 0.15) is 13.3 Å². The Morgan fingerprint density at radius 3 is 2.37 bits per heavy atom. The van der Waals surface area contributed by atoms with E-state index in [0.717, 1.165) is 5.69 Å². The number of benzene rings is 2. The minimum absolute atomic E-state index is 0.0905. The average molecular weight is 367 g/mol. The molecule has 0 radical (unpaired) electrons. The molecule has 3 amide bonds. The third kappa shape index (κ3) is 4.44. The molecule has 2 aromatic carbocycles. The molecule has 0 bridgehead atoms. The van der Waals surface area contributed by atoms with Crippen molar-refractivity contribution in [3.05, 3.63) is 48.5 Å². The molecule has 7 heteroatoms. The first-order valence-corrected chi connectivity index (χ1v) is 8.59. The van der Waals surface area contributed by atoms with Gasteiger partial charge in [0.2, 0.25) is 17.7 Å². The van der Waals surface area contributed by atoms with Gasteiger partial charge in [-0.3, -0.25) is 14.4 Å². The van der Waals surface area contributed by atoms with E-state index in [1.54, 1.807) is 60.5 Å². The van der Waals surface area contributed by atoms with E-state index < -0.39 is 5.92 Å². The van der Waals surface area contributed by atoms with Crippen LogP contribution < -0.4 is 20.3 Å². The number of hydrogen-bond donors (Lipinski definition) is 2. The topological polar surface area (TPSA) is 87.7 Å². The van der Waals surface area contributed by atoms with Gasteiger partial charge in [0.15, 0.2) is 0 Å². The summed E-state index contributed by atoms with van der Waals surface area (Å²) in [5, 5.41) is 5.49. The van der Waals surface area contributed by atoms with Gasteiger partial charge in [0.1, 0.15) is 5.75 Å².